The lowest BCUT2D eigenvalue weighted by atomic mass is 9.87. The average Bonchev–Trinajstić information content (AvgIpc) is 3.28. The summed E-state index contributed by atoms with van der Waals surface area (Å²) >= 11 is 1.75. The molecule has 4 nitrogen and oxygen atoms in total. The van der Waals surface area contributed by atoms with E-state index >= 15 is 0 Å². The minimum Gasteiger partial charge on any atom is -0.347 e. The van der Waals surface area contributed by atoms with Gasteiger partial charge in [0.15, 0.2) is 0 Å². The maximum atomic E-state index is 13.3. The van der Waals surface area contributed by atoms with E-state index in [1.54, 1.807) is 11.8 Å². The van der Waals surface area contributed by atoms with Crippen molar-refractivity contribution in [2.24, 2.45) is 0 Å². The number of aryl methyl sites for hydroxylation is 1. The van der Waals surface area contributed by atoms with Gasteiger partial charge in [-0.3, -0.25) is 9.59 Å². The largest absolute Gasteiger partial charge is 0.347 e. The van der Waals surface area contributed by atoms with Crippen molar-refractivity contribution in [3.63, 3.8) is 0 Å². The summed E-state index contributed by atoms with van der Waals surface area (Å²) in [5.74, 6) is 0.737. The van der Waals surface area contributed by atoms with E-state index in [1.807, 2.05) is 29.2 Å². The van der Waals surface area contributed by atoms with E-state index in [0.717, 1.165) is 31.2 Å². The Labute approximate surface area is 169 Å². The molecule has 2 amide bonds. The third-order valence-corrected chi connectivity index (χ3v) is 7.94. The number of nitrogens with zero attached hydrogens (tertiary/aromatic N) is 1. The average molecular weight is 393 g/mol. The van der Waals surface area contributed by atoms with Crippen LogP contribution in [0.1, 0.15) is 48.4 Å². The predicted octanol–water partition coefficient (Wildman–Crippen LogP) is 3.77. The monoisotopic (exact) mass is 392 g/mol. The quantitative estimate of drug-likeness (QED) is 0.865. The molecule has 0 saturated carbocycles. The van der Waals surface area contributed by atoms with Crippen LogP contribution >= 0.6 is 11.8 Å². The molecule has 5 rings (SSSR count). The van der Waals surface area contributed by atoms with Crippen molar-refractivity contribution in [1.29, 1.82) is 0 Å². The number of fused-ring (bicyclic) bond motifs is 2. The first-order chi connectivity index (χ1) is 13.7. The lowest BCUT2D eigenvalue weighted by Crippen LogP contribution is -2.50. The Morgan fingerprint density at radius 1 is 1.07 bits per heavy atom. The van der Waals surface area contributed by atoms with E-state index in [1.165, 1.54) is 11.1 Å². The van der Waals surface area contributed by atoms with E-state index in [-0.39, 0.29) is 22.7 Å². The SMILES string of the molecule is O=C(N[C@@H]1CCCc2ccccc21)[C@H]1CS[C@@]2(c3ccccc3)CCC(=O)N12. The van der Waals surface area contributed by atoms with Crippen LogP contribution in [0.5, 0.6) is 0 Å². The number of nitrogens with one attached hydrogen (secondary N) is 1. The first-order valence-corrected chi connectivity index (χ1v) is 11.1. The van der Waals surface area contributed by atoms with Crippen molar-refractivity contribution >= 4 is 23.6 Å². The highest BCUT2D eigenvalue weighted by Gasteiger charge is 2.56. The highest BCUT2D eigenvalue weighted by atomic mass is 32.2. The van der Waals surface area contributed by atoms with Gasteiger partial charge in [0.05, 0.1) is 6.04 Å². The maximum Gasteiger partial charge on any atom is 0.244 e. The van der Waals surface area contributed by atoms with Crippen LogP contribution in [-0.4, -0.2) is 28.5 Å². The number of rotatable bonds is 3. The summed E-state index contributed by atoms with van der Waals surface area (Å²) in [4.78, 5) is 27.5. The second kappa shape index (κ2) is 6.96. The van der Waals surface area contributed by atoms with Gasteiger partial charge in [-0.05, 0) is 42.4 Å². The molecule has 2 aromatic carbocycles. The van der Waals surface area contributed by atoms with Gasteiger partial charge in [-0.1, -0.05) is 54.6 Å². The summed E-state index contributed by atoms with van der Waals surface area (Å²) in [6.45, 7) is 0. The number of thioether (sulfide) groups is 1. The first kappa shape index (κ1) is 17.8. The van der Waals surface area contributed by atoms with Crippen molar-refractivity contribution in [3.05, 3.63) is 71.3 Å². The van der Waals surface area contributed by atoms with Crippen molar-refractivity contribution in [3.8, 4) is 0 Å². The minimum absolute atomic E-state index is 0.0118. The van der Waals surface area contributed by atoms with Crippen molar-refractivity contribution in [2.45, 2.75) is 49.1 Å². The minimum atomic E-state index is -0.394. The van der Waals surface area contributed by atoms with Gasteiger partial charge in [0.25, 0.3) is 0 Å². The molecular formula is C23H24N2O2S. The van der Waals surface area contributed by atoms with Crippen molar-refractivity contribution < 1.29 is 9.59 Å². The Morgan fingerprint density at radius 2 is 1.86 bits per heavy atom. The highest BCUT2D eigenvalue weighted by molar-refractivity contribution is 8.00. The van der Waals surface area contributed by atoms with Crippen molar-refractivity contribution in [2.75, 3.05) is 5.75 Å². The molecule has 28 heavy (non-hydrogen) atoms. The standard InChI is InChI=1S/C23H24N2O2S/c26-21-13-14-23(17-9-2-1-3-10-17)25(21)20(15-28-23)22(27)24-19-12-6-8-16-7-4-5-11-18(16)19/h1-5,7,9-11,19-20H,6,8,12-15H2,(H,24,27)/t19-,20-,23-/m1/s1. The second-order valence-corrected chi connectivity index (χ2v) is 9.19. The maximum absolute atomic E-state index is 13.3. The Hall–Kier alpha value is -2.27. The Morgan fingerprint density at radius 3 is 2.71 bits per heavy atom. The molecule has 144 valence electrons. The number of carbonyl (C=O) groups is 2. The van der Waals surface area contributed by atoms with Gasteiger partial charge in [0.2, 0.25) is 11.8 Å². The smallest absolute Gasteiger partial charge is 0.244 e. The Bertz CT molecular complexity index is 916. The Balaban J connectivity index is 1.40. The molecular weight excluding hydrogens is 368 g/mol. The normalized spacial score (nSPS) is 28.7. The van der Waals surface area contributed by atoms with Crippen LogP contribution in [0, 0.1) is 0 Å². The van der Waals surface area contributed by atoms with Gasteiger partial charge < -0.3 is 10.2 Å². The number of benzene rings is 2. The van der Waals surface area contributed by atoms with Crippen LogP contribution in [0.15, 0.2) is 54.6 Å². The molecule has 2 aromatic rings. The van der Waals surface area contributed by atoms with Gasteiger partial charge >= 0.3 is 0 Å². The summed E-state index contributed by atoms with van der Waals surface area (Å²) < 4.78 is 0. The number of hydrogen-bond acceptors (Lipinski definition) is 3. The van der Waals surface area contributed by atoms with E-state index in [9.17, 15) is 9.59 Å². The fourth-order valence-corrected chi connectivity index (χ4v) is 6.66. The zero-order valence-electron chi connectivity index (χ0n) is 15.8. The third kappa shape index (κ3) is 2.75. The van der Waals surface area contributed by atoms with Crippen LogP contribution in [0.3, 0.4) is 0 Å². The number of carbonyl (C=O) groups excluding carboxylic acids is 2. The summed E-state index contributed by atoms with van der Waals surface area (Å²) in [5, 5.41) is 3.27. The van der Waals surface area contributed by atoms with Crippen LogP contribution in [0.4, 0.5) is 0 Å². The molecule has 5 heteroatoms. The molecule has 1 aliphatic carbocycles. The summed E-state index contributed by atoms with van der Waals surface area (Å²) in [6.07, 6.45) is 4.40. The van der Waals surface area contributed by atoms with E-state index in [0.29, 0.717) is 12.2 Å². The zero-order chi connectivity index (χ0) is 19.1. The molecule has 0 unspecified atom stereocenters. The molecule has 0 aromatic heterocycles. The predicted molar refractivity (Wildman–Crippen MR) is 111 cm³/mol. The fraction of sp³-hybridized carbons (Fsp3) is 0.391. The molecule has 2 saturated heterocycles. The molecule has 1 N–H and O–H groups in total. The molecule has 3 aliphatic rings. The van der Waals surface area contributed by atoms with E-state index < -0.39 is 6.04 Å². The first-order valence-electron chi connectivity index (χ1n) is 10.1. The van der Waals surface area contributed by atoms with Crippen molar-refractivity contribution in [1.82, 2.24) is 10.2 Å². The highest BCUT2D eigenvalue weighted by Crippen LogP contribution is 2.54. The van der Waals surface area contributed by atoms with Gasteiger partial charge in [0, 0.05) is 12.2 Å². The van der Waals surface area contributed by atoms with Gasteiger partial charge in [-0.25, -0.2) is 0 Å². The molecule has 2 heterocycles. The van der Waals surface area contributed by atoms with E-state index in [4.69, 9.17) is 0 Å². The summed E-state index contributed by atoms with van der Waals surface area (Å²) in [6, 6.07) is 18.2. The zero-order valence-corrected chi connectivity index (χ0v) is 16.6. The lowest BCUT2D eigenvalue weighted by Gasteiger charge is -2.35. The molecule has 2 aliphatic heterocycles. The van der Waals surface area contributed by atoms with Gasteiger partial charge in [-0.2, -0.15) is 0 Å². The van der Waals surface area contributed by atoms with E-state index in [2.05, 4.69) is 35.6 Å². The topological polar surface area (TPSA) is 49.4 Å². The second-order valence-electron chi connectivity index (χ2n) is 7.89. The molecule has 0 bridgehead atoms. The molecule has 0 radical (unpaired) electrons. The van der Waals surface area contributed by atoms with Crippen LogP contribution in [0.25, 0.3) is 0 Å². The van der Waals surface area contributed by atoms with Crippen LogP contribution in [-0.2, 0) is 20.9 Å². The van der Waals surface area contributed by atoms with Crippen LogP contribution in [0.2, 0.25) is 0 Å². The molecule has 0 spiro atoms. The van der Waals surface area contributed by atoms with Gasteiger partial charge in [-0.15, -0.1) is 11.8 Å². The summed E-state index contributed by atoms with van der Waals surface area (Å²) in [7, 11) is 0. The Kier molecular flexibility index (Phi) is 4.43. The van der Waals surface area contributed by atoms with Crippen LogP contribution < -0.4 is 5.32 Å². The molecule has 2 fully saturated rings. The number of hydrogen-bond donors (Lipinski definition) is 1. The third-order valence-electron chi connectivity index (χ3n) is 6.34. The van der Waals surface area contributed by atoms with Gasteiger partial charge in [0.1, 0.15) is 10.9 Å². The summed E-state index contributed by atoms with van der Waals surface area (Å²) in [5.41, 5.74) is 3.69. The molecule has 3 atom stereocenters. The lowest BCUT2D eigenvalue weighted by molar-refractivity contribution is -0.138. The number of amides is 2. The fourth-order valence-electron chi connectivity index (χ4n) is 5.01.